The molecule has 0 fully saturated rings. The second-order valence-electron chi connectivity index (χ2n) is 9.13. The topological polar surface area (TPSA) is 95.3 Å². The van der Waals surface area contributed by atoms with Crippen LogP contribution in [0.25, 0.3) is 10.8 Å². The van der Waals surface area contributed by atoms with Gasteiger partial charge in [-0.25, -0.2) is 4.79 Å². The summed E-state index contributed by atoms with van der Waals surface area (Å²) >= 11 is 2.78. The molecule has 0 aliphatic heterocycles. The minimum atomic E-state index is -0.366. The van der Waals surface area contributed by atoms with Gasteiger partial charge in [0, 0.05) is 11.9 Å². The van der Waals surface area contributed by atoms with Gasteiger partial charge in [0.2, 0.25) is 5.91 Å². The van der Waals surface area contributed by atoms with E-state index in [0.717, 1.165) is 47.9 Å². The zero-order valence-electron chi connectivity index (χ0n) is 21.7. The van der Waals surface area contributed by atoms with Crippen molar-refractivity contribution in [3.05, 3.63) is 63.8 Å². The van der Waals surface area contributed by atoms with Crippen LogP contribution >= 0.6 is 23.1 Å². The summed E-state index contributed by atoms with van der Waals surface area (Å²) in [4.78, 5) is 26.7. The second-order valence-corrected chi connectivity index (χ2v) is 11.2. The van der Waals surface area contributed by atoms with Gasteiger partial charge >= 0.3 is 5.97 Å². The van der Waals surface area contributed by atoms with Crippen molar-refractivity contribution in [2.24, 2.45) is 7.05 Å². The Morgan fingerprint density at radius 2 is 1.95 bits per heavy atom. The van der Waals surface area contributed by atoms with Crippen LogP contribution in [0.2, 0.25) is 0 Å². The number of esters is 1. The molecule has 0 radical (unpaired) electrons. The van der Waals surface area contributed by atoms with E-state index < -0.39 is 0 Å². The molecule has 0 unspecified atom stereocenters. The van der Waals surface area contributed by atoms with E-state index in [2.05, 4.69) is 27.6 Å². The highest BCUT2D eigenvalue weighted by Gasteiger charge is 2.27. The molecule has 2 heterocycles. The van der Waals surface area contributed by atoms with Crippen LogP contribution in [0.5, 0.6) is 5.75 Å². The van der Waals surface area contributed by atoms with Crippen molar-refractivity contribution < 1.29 is 19.1 Å². The van der Waals surface area contributed by atoms with Crippen molar-refractivity contribution in [3.8, 4) is 5.75 Å². The lowest BCUT2D eigenvalue weighted by Gasteiger charge is -2.12. The number of hydrogen-bond acceptors (Lipinski definition) is 8. The van der Waals surface area contributed by atoms with Crippen LogP contribution in [0.15, 0.2) is 41.6 Å². The number of ether oxygens (including phenoxy) is 2. The fourth-order valence-electron chi connectivity index (χ4n) is 4.67. The Kier molecular flexibility index (Phi) is 7.99. The number of aromatic nitrogens is 3. The Morgan fingerprint density at radius 1 is 1.13 bits per heavy atom. The molecule has 4 aromatic rings. The molecule has 0 spiro atoms. The fraction of sp³-hybridized carbons (Fsp3) is 0.357. The standard InChI is InChI=1S/C28H30N4O4S2/c1-4-35-27(34)25-20-11-7-8-12-22(20)38-26(25)29-24(33)16-37-28-31-30-23(32(28)3)15-36-21-14-13-18-9-5-6-10-19(18)17(21)2/h5-6,9-10,13-14H,4,7-8,11-12,15-16H2,1-3H3,(H,29,33). The molecule has 10 heteroatoms. The number of thiophene rings is 1. The molecule has 2 aromatic carbocycles. The monoisotopic (exact) mass is 550 g/mol. The lowest BCUT2D eigenvalue weighted by molar-refractivity contribution is -0.113. The van der Waals surface area contributed by atoms with Gasteiger partial charge in [-0.1, -0.05) is 42.1 Å². The lowest BCUT2D eigenvalue weighted by atomic mass is 9.95. The van der Waals surface area contributed by atoms with Gasteiger partial charge in [-0.05, 0) is 67.5 Å². The zero-order chi connectivity index (χ0) is 26.6. The van der Waals surface area contributed by atoms with Gasteiger partial charge in [-0.15, -0.1) is 21.5 Å². The predicted octanol–water partition coefficient (Wildman–Crippen LogP) is 5.70. The smallest absolute Gasteiger partial charge is 0.341 e. The molecule has 1 aliphatic rings. The van der Waals surface area contributed by atoms with Crippen LogP contribution in [0.3, 0.4) is 0 Å². The van der Waals surface area contributed by atoms with Crippen LogP contribution in [0, 0.1) is 6.92 Å². The predicted molar refractivity (Wildman–Crippen MR) is 150 cm³/mol. The number of thioether (sulfide) groups is 1. The summed E-state index contributed by atoms with van der Waals surface area (Å²) in [6, 6.07) is 12.2. The van der Waals surface area contributed by atoms with Gasteiger partial charge in [-0.3, -0.25) is 4.79 Å². The van der Waals surface area contributed by atoms with Crippen LogP contribution in [-0.2, 0) is 36.0 Å². The highest BCUT2D eigenvalue weighted by molar-refractivity contribution is 7.99. The van der Waals surface area contributed by atoms with Gasteiger partial charge < -0.3 is 19.4 Å². The number of nitrogens with zero attached hydrogens (tertiary/aromatic N) is 3. The Labute approximate surface area is 229 Å². The van der Waals surface area contributed by atoms with Gasteiger partial charge in [0.1, 0.15) is 17.4 Å². The first-order valence-electron chi connectivity index (χ1n) is 12.7. The molecule has 1 aliphatic carbocycles. The van der Waals surface area contributed by atoms with Crippen LogP contribution in [-0.4, -0.2) is 39.0 Å². The Morgan fingerprint density at radius 3 is 2.79 bits per heavy atom. The fourth-order valence-corrected chi connectivity index (χ4v) is 6.69. The number of carbonyl (C=O) groups excluding carboxylic acids is 2. The summed E-state index contributed by atoms with van der Waals surface area (Å²) in [5.41, 5.74) is 2.63. The van der Waals surface area contributed by atoms with Crippen molar-refractivity contribution in [2.45, 2.75) is 51.3 Å². The average Bonchev–Trinajstić information content (AvgIpc) is 3.46. The molecule has 2 aromatic heterocycles. The van der Waals surface area contributed by atoms with Crippen molar-refractivity contribution in [1.82, 2.24) is 14.8 Å². The van der Waals surface area contributed by atoms with E-state index in [-0.39, 0.29) is 24.2 Å². The minimum Gasteiger partial charge on any atom is -0.485 e. The molecule has 38 heavy (non-hydrogen) atoms. The molecule has 0 atom stereocenters. The van der Waals surface area contributed by atoms with Gasteiger partial charge in [0.25, 0.3) is 0 Å². The number of benzene rings is 2. The molecular weight excluding hydrogens is 520 g/mol. The van der Waals surface area contributed by atoms with Crippen LogP contribution in [0.4, 0.5) is 5.00 Å². The number of nitrogens with one attached hydrogen (secondary N) is 1. The number of aryl methyl sites for hydroxylation is 2. The highest BCUT2D eigenvalue weighted by Crippen LogP contribution is 2.38. The summed E-state index contributed by atoms with van der Waals surface area (Å²) < 4.78 is 13.2. The Balaban J connectivity index is 1.22. The molecule has 198 valence electrons. The van der Waals surface area contributed by atoms with E-state index in [0.29, 0.717) is 28.2 Å². The molecule has 1 N–H and O–H groups in total. The van der Waals surface area contributed by atoms with Gasteiger partial charge in [0.05, 0.1) is 17.9 Å². The largest absolute Gasteiger partial charge is 0.485 e. The number of fused-ring (bicyclic) bond motifs is 2. The van der Waals surface area contributed by atoms with Crippen LogP contribution in [0.1, 0.15) is 52.0 Å². The third-order valence-electron chi connectivity index (χ3n) is 6.67. The third kappa shape index (κ3) is 5.42. The van der Waals surface area contributed by atoms with Crippen molar-refractivity contribution in [3.63, 3.8) is 0 Å². The maximum atomic E-state index is 12.8. The molecular formula is C28H30N4O4S2. The number of anilines is 1. The number of carbonyl (C=O) groups is 2. The third-order valence-corrected chi connectivity index (χ3v) is 8.89. The average molecular weight is 551 g/mol. The molecule has 0 saturated heterocycles. The molecule has 8 nitrogen and oxygen atoms in total. The first kappa shape index (κ1) is 26.2. The van der Waals surface area contributed by atoms with E-state index in [9.17, 15) is 9.59 Å². The van der Waals surface area contributed by atoms with Gasteiger partial charge in [0.15, 0.2) is 11.0 Å². The first-order valence-corrected chi connectivity index (χ1v) is 14.5. The Hall–Kier alpha value is -3.37. The van der Waals surface area contributed by atoms with Crippen molar-refractivity contribution >= 4 is 50.7 Å². The lowest BCUT2D eigenvalue weighted by Crippen LogP contribution is -2.17. The van der Waals surface area contributed by atoms with Gasteiger partial charge in [-0.2, -0.15) is 0 Å². The van der Waals surface area contributed by atoms with Crippen molar-refractivity contribution in [1.29, 1.82) is 0 Å². The number of hydrogen-bond donors (Lipinski definition) is 1. The summed E-state index contributed by atoms with van der Waals surface area (Å²) in [5, 5.41) is 15.0. The van der Waals surface area contributed by atoms with E-state index in [4.69, 9.17) is 9.47 Å². The molecule has 5 rings (SSSR count). The maximum absolute atomic E-state index is 12.8. The van der Waals surface area contributed by atoms with E-state index in [1.807, 2.05) is 42.8 Å². The molecule has 0 saturated carbocycles. The number of rotatable bonds is 9. The summed E-state index contributed by atoms with van der Waals surface area (Å²) in [6.45, 7) is 4.39. The van der Waals surface area contributed by atoms with E-state index >= 15 is 0 Å². The molecule has 1 amide bonds. The Bertz CT molecular complexity index is 1490. The maximum Gasteiger partial charge on any atom is 0.341 e. The summed E-state index contributed by atoms with van der Waals surface area (Å²) in [6.07, 6.45) is 3.91. The summed E-state index contributed by atoms with van der Waals surface area (Å²) in [7, 11) is 1.86. The van der Waals surface area contributed by atoms with E-state index in [1.165, 1.54) is 33.4 Å². The van der Waals surface area contributed by atoms with Crippen molar-refractivity contribution in [2.75, 3.05) is 17.7 Å². The highest BCUT2D eigenvalue weighted by atomic mass is 32.2. The minimum absolute atomic E-state index is 0.140. The molecule has 0 bridgehead atoms. The quantitative estimate of drug-likeness (QED) is 0.211. The SMILES string of the molecule is CCOC(=O)c1c(NC(=O)CSc2nnc(COc3ccc4ccccc4c3C)n2C)sc2c1CCCC2. The second kappa shape index (κ2) is 11.6. The van der Waals surface area contributed by atoms with E-state index in [1.54, 1.807) is 6.92 Å². The zero-order valence-corrected chi connectivity index (χ0v) is 23.3. The normalized spacial score (nSPS) is 12.8. The van der Waals surface area contributed by atoms with Crippen LogP contribution < -0.4 is 10.1 Å². The number of amides is 1. The summed E-state index contributed by atoms with van der Waals surface area (Å²) in [5.74, 6) is 1.04. The first-order chi connectivity index (χ1) is 18.5.